The van der Waals surface area contributed by atoms with Crippen molar-refractivity contribution >= 4 is 38.6 Å². The van der Waals surface area contributed by atoms with E-state index in [9.17, 15) is 0 Å². The number of rotatable bonds is 4. The Morgan fingerprint density at radius 3 is 1.64 bits per heavy atom. The Hall–Kier alpha value is -6.90. The summed E-state index contributed by atoms with van der Waals surface area (Å²) in [5, 5.41) is 4.96. The van der Waals surface area contributed by atoms with Crippen molar-refractivity contribution in [1.82, 2.24) is 0 Å². The van der Waals surface area contributed by atoms with Crippen molar-refractivity contribution in [3.8, 4) is 33.8 Å². The summed E-state index contributed by atoms with van der Waals surface area (Å²) in [6, 6.07) is 72.7. The quantitative estimate of drug-likeness (QED) is 0.172. The first-order valence-electron chi connectivity index (χ1n) is 18.3. The molecule has 9 aromatic rings. The van der Waals surface area contributed by atoms with Crippen LogP contribution in [0.3, 0.4) is 0 Å². The monoisotopic (exact) mass is 675 g/mol. The summed E-state index contributed by atoms with van der Waals surface area (Å²) in [6.45, 7) is 0. The largest absolute Gasteiger partial charge is 0.457 e. The summed E-state index contributed by atoms with van der Waals surface area (Å²) in [7, 11) is 0. The molecule has 248 valence electrons. The number of hydrogen-bond donors (Lipinski definition) is 0. The molecule has 1 aliphatic heterocycles. The summed E-state index contributed by atoms with van der Waals surface area (Å²) in [6.07, 6.45) is 0. The fourth-order valence-electron chi connectivity index (χ4n) is 8.99. The second-order valence-electron chi connectivity index (χ2n) is 14.1. The molecule has 53 heavy (non-hydrogen) atoms. The van der Waals surface area contributed by atoms with Crippen LogP contribution in [0.5, 0.6) is 11.5 Å². The topological polar surface area (TPSA) is 12.5 Å². The number of benzene rings is 9. The molecule has 0 fully saturated rings. The maximum absolute atomic E-state index is 6.62. The molecule has 11 rings (SSSR count). The van der Waals surface area contributed by atoms with Crippen LogP contribution in [-0.2, 0) is 5.41 Å². The summed E-state index contributed by atoms with van der Waals surface area (Å²) in [5.41, 5.74) is 12.5. The number of anilines is 3. The number of hydrogen-bond acceptors (Lipinski definition) is 2. The van der Waals surface area contributed by atoms with E-state index in [1.165, 1.54) is 54.9 Å². The van der Waals surface area contributed by atoms with Crippen molar-refractivity contribution in [2.75, 3.05) is 4.90 Å². The van der Waals surface area contributed by atoms with Gasteiger partial charge in [0.05, 0.1) is 5.41 Å². The lowest BCUT2D eigenvalue weighted by Crippen LogP contribution is -2.32. The molecule has 0 saturated carbocycles. The summed E-state index contributed by atoms with van der Waals surface area (Å²) >= 11 is 0. The Balaban J connectivity index is 1.18. The minimum Gasteiger partial charge on any atom is -0.457 e. The van der Waals surface area contributed by atoms with E-state index in [2.05, 4.69) is 205 Å². The molecule has 0 aromatic heterocycles. The van der Waals surface area contributed by atoms with Crippen molar-refractivity contribution < 1.29 is 4.74 Å². The molecule has 2 nitrogen and oxygen atoms in total. The van der Waals surface area contributed by atoms with Gasteiger partial charge in [-0.2, -0.15) is 0 Å². The third-order valence-electron chi connectivity index (χ3n) is 11.3. The SMILES string of the molecule is c1ccc(-c2ccc(N(c3ccc4c(c3)C3(c5ccccc5Oc5ccccc53)c3ccccc3-4)c3ccc4ccc5ccccc5c4c3)cc2)cc1. The van der Waals surface area contributed by atoms with Crippen molar-refractivity contribution in [2.45, 2.75) is 5.41 Å². The summed E-state index contributed by atoms with van der Waals surface area (Å²) in [4.78, 5) is 2.42. The van der Waals surface area contributed by atoms with Crippen molar-refractivity contribution in [1.29, 1.82) is 0 Å². The third kappa shape index (κ3) is 4.39. The predicted molar refractivity (Wildman–Crippen MR) is 219 cm³/mol. The fourth-order valence-corrected chi connectivity index (χ4v) is 8.99. The summed E-state index contributed by atoms with van der Waals surface area (Å²) < 4.78 is 6.62. The lowest BCUT2D eigenvalue weighted by atomic mass is 9.66. The van der Waals surface area contributed by atoms with E-state index in [0.717, 1.165) is 39.7 Å². The van der Waals surface area contributed by atoms with Crippen LogP contribution in [-0.4, -0.2) is 0 Å². The standard InChI is InChI=1S/C51H33NO/c1-2-12-34(13-3-1)35-24-27-38(28-25-35)52(39-29-26-37-23-22-36-14-4-5-15-41(36)44(37)32-39)40-30-31-43-42-16-6-7-17-45(42)51(48(43)33-40)46-18-8-10-20-49(46)53-50-21-11-9-19-47(50)51/h1-33H. The van der Waals surface area contributed by atoms with E-state index < -0.39 is 5.41 Å². The van der Waals surface area contributed by atoms with Gasteiger partial charge in [0.1, 0.15) is 11.5 Å². The fraction of sp³-hybridized carbons (Fsp3) is 0.0196. The zero-order valence-corrected chi connectivity index (χ0v) is 28.9. The molecular formula is C51H33NO. The minimum absolute atomic E-state index is 0.546. The van der Waals surface area contributed by atoms with E-state index >= 15 is 0 Å². The first-order chi connectivity index (χ1) is 26.3. The average Bonchev–Trinajstić information content (AvgIpc) is 3.51. The Morgan fingerprint density at radius 1 is 0.340 bits per heavy atom. The first kappa shape index (κ1) is 29.8. The molecular weight excluding hydrogens is 643 g/mol. The average molecular weight is 676 g/mol. The van der Waals surface area contributed by atoms with E-state index in [0.29, 0.717) is 0 Å². The molecule has 1 heterocycles. The molecule has 1 aliphatic carbocycles. The van der Waals surface area contributed by atoms with Gasteiger partial charge in [-0.1, -0.05) is 152 Å². The van der Waals surface area contributed by atoms with Gasteiger partial charge in [0, 0.05) is 28.2 Å². The van der Waals surface area contributed by atoms with Gasteiger partial charge in [0.25, 0.3) is 0 Å². The molecule has 1 spiro atoms. The van der Waals surface area contributed by atoms with Crippen molar-refractivity contribution in [3.05, 3.63) is 222 Å². The molecule has 0 unspecified atom stereocenters. The number of ether oxygens (including phenoxy) is 1. The van der Waals surface area contributed by atoms with Gasteiger partial charge in [0.15, 0.2) is 0 Å². The molecule has 0 N–H and O–H groups in total. The van der Waals surface area contributed by atoms with Crippen LogP contribution >= 0.6 is 0 Å². The summed E-state index contributed by atoms with van der Waals surface area (Å²) in [5.74, 6) is 1.79. The molecule has 0 amide bonds. The van der Waals surface area contributed by atoms with Crippen LogP contribution in [0.25, 0.3) is 43.8 Å². The maximum Gasteiger partial charge on any atom is 0.132 e. The maximum atomic E-state index is 6.62. The van der Waals surface area contributed by atoms with E-state index in [1.54, 1.807) is 0 Å². The molecule has 9 aromatic carbocycles. The van der Waals surface area contributed by atoms with Crippen LogP contribution in [0.1, 0.15) is 22.3 Å². The Kier molecular flexibility index (Phi) is 6.50. The first-order valence-corrected chi connectivity index (χ1v) is 18.3. The molecule has 2 aliphatic rings. The Labute approximate surface area is 308 Å². The van der Waals surface area contributed by atoms with Crippen molar-refractivity contribution in [2.24, 2.45) is 0 Å². The van der Waals surface area contributed by atoms with E-state index in [4.69, 9.17) is 4.74 Å². The van der Waals surface area contributed by atoms with E-state index in [1.807, 2.05) is 0 Å². The van der Waals surface area contributed by atoms with Crippen LogP contribution in [0, 0.1) is 0 Å². The lowest BCUT2D eigenvalue weighted by molar-refractivity contribution is 0.436. The highest BCUT2D eigenvalue weighted by molar-refractivity contribution is 6.09. The van der Waals surface area contributed by atoms with Crippen LogP contribution in [0.15, 0.2) is 200 Å². The molecule has 0 radical (unpaired) electrons. The smallest absolute Gasteiger partial charge is 0.132 e. The van der Waals surface area contributed by atoms with E-state index in [-0.39, 0.29) is 0 Å². The van der Waals surface area contributed by atoms with Gasteiger partial charge in [0.2, 0.25) is 0 Å². The Morgan fingerprint density at radius 2 is 0.868 bits per heavy atom. The normalized spacial score (nSPS) is 13.2. The molecule has 2 heteroatoms. The number of nitrogens with zero attached hydrogens (tertiary/aromatic N) is 1. The molecule has 0 bridgehead atoms. The zero-order chi connectivity index (χ0) is 34.9. The predicted octanol–water partition coefficient (Wildman–Crippen LogP) is 13.6. The second-order valence-corrected chi connectivity index (χ2v) is 14.1. The van der Waals surface area contributed by atoms with Gasteiger partial charge in [-0.25, -0.2) is 0 Å². The number of para-hydroxylation sites is 2. The van der Waals surface area contributed by atoms with Gasteiger partial charge in [-0.15, -0.1) is 0 Å². The van der Waals surface area contributed by atoms with Gasteiger partial charge in [-0.3, -0.25) is 0 Å². The van der Waals surface area contributed by atoms with Crippen LogP contribution < -0.4 is 9.64 Å². The highest BCUT2D eigenvalue weighted by Gasteiger charge is 2.51. The third-order valence-corrected chi connectivity index (χ3v) is 11.3. The lowest BCUT2D eigenvalue weighted by Gasteiger charge is -2.39. The van der Waals surface area contributed by atoms with Crippen LogP contribution in [0.4, 0.5) is 17.1 Å². The highest BCUT2D eigenvalue weighted by atomic mass is 16.5. The number of fused-ring (bicyclic) bond motifs is 12. The van der Waals surface area contributed by atoms with Gasteiger partial charge < -0.3 is 9.64 Å². The van der Waals surface area contributed by atoms with Crippen LogP contribution in [0.2, 0.25) is 0 Å². The zero-order valence-electron chi connectivity index (χ0n) is 28.9. The molecule has 0 saturated heterocycles. The van der Waals surface area contributed by atoms with Gasteiger partial charge >= 0.3 is 0 Å². The van der Waals surface area contributed by atoms with Gasteiger partial charge in [-0.05, 0) is 103 Å². The van der Waals surface area contributed by atoms with Crippen molar-refractivity contribution in [3.63, 3.8) is 0 Å². The minimum atomic E-state index is -0.546. The molecule has 0 atom stereocenters. The highest BCUT2D eigenvalue weighted by Crippen LogP contribution is 2.62. The Bertz CT molecular complexity index is 2830. The second kappa shape index (κ2) is 11.6.